The molecule has 0 aromatic heterocycles. The smallest absolute Gasteiger partial charge is 0.331 e. The van der Waals surface area contributed by atoms with Gasteiger partial charge >= 0.3 is 11.9 Å². The van der Waals surface area contributed by atoms with Gasteiger partial charge in [0.05, 0.1) is 6.61 Å². The SMILES string of the molecule is CCOC(=O)/C=C/C(=O)OCC(=O)Nc1c(C)cc(C)cc1C. The van der Waals surface area contributed by atoms with Gasteiger partial charge in [0.1, 0.15) is 0 Å². The minimum Gasteiger partial charge on any atom is -0.463 e. The molecule has 0 unspecified atom stereocenters. The normalized spacial score (nSPS) is 10.4. The zero-order valence-electron chi connectivity index (χ0n) is 13.8. The number of esters is 2. The average molecular weight is 319 g/mol. The van der Waals surface area contributed by atoms with Gasteiger partial charge < -0.3 is 14.8 Å². The van der Waals surface area contributed by atoms with E-state index in [-0.39, 0.29) is 6.61 Å². The third-order valence-electron chi connectivity index (χ3n) is 2.93. The molecule has 1 rings (SSSR count). The highest BCUT2D eigenvalue weighted by Crippen LogP contribution is 2.21. The topological polar surface area (TPSA) is 81.7 Å². The van der Waals surface area contributed by atoms with Crippen LogP contribution in [0, 0.1) is 20.8 Å². The second kappa shape index (κ2) is 8.73. The van der Waals surface area contributed by atoms with Crippen LogP contribution in [0.1, 0.15) is 23.6 Å². The van der Waals surface area contributed by atoms with Crippen LogP contribution >= 0.6 is 0 Å². The van der Waals surface area contributed by atoms with Gasteiger partial charge in [-0.25, -0.2) is 9.59 Å². The van der Waals surface area contributed by atoms with Crippen molar-refractivity contribution in [2.24, 2.45) is 0 Å². The molecule has 0 radical (unpaired) electrons. The lowest BCUT2D eigenvalue weighted by Crippen LogP contribution is -2.21. The van der Waals surface area contributed by atoms with Gasteiger partial charge in [0.2, 0.25) is 0 Å². The lowest BCUT2D eigenvalue weighted by Gasteiger charge is -2.12. The summed E-state index contributed by atoms with van der Waals surface area (Å²) in [6.45, 7) is 7.20. The number of hydrogen-bond acceptors (Lipinski definition) is 5. The first-order chi connectivity index (χ1) is 10.8. The second-order valence-electron chi connectivity index (χ2n) is 5.01. The largest absolute Gasteiger partial charge is 0.463 e. The van der Waals surface area contributed by atoms with E-state index in [0.717, 1.165) is 28.8 Å². The van der Waals surface area contributed by atoms with Crippen LogP contribution in [0.25, 0.3) is 0 Å². The predicted octanol–water partition coefficient (Wildman–Crippen LogP) is 2.21. The number of ether oxygens (including phenoxy) is 2. The quantitative estimate of drug-likeness (QED) is 0.642. The van der Waals surface area contributed by atoms with E-state index >= 15 is 0 Å². The summed E-state index contributed by atoms with van der Waals surface area (Å²) >= 11 is 0. The maximum Gasteiger partial charge on any atom is 0.331 e. The molecule has 6 nitrogen and oxygen atoms in total. The van der Waals surface area contributed by atoms with Gasteiger partial charge in [0, 0.05) is 17.8 Å². The lowest BCUT2D eigenvalue weighted by molar-refractivity contribution is -0.143. The van der Waals surface area contributed by atoms with Gasteiger partial charge in [-0.15, -0.1) is 0 Å². The Morgan fingerprint density at radius 1 is 1.00 bits per heavy atom. The van der Waals surface area contributed by atoms with Gasteiger partial charge in [0.25, 0.3) is 5.91 Å². The Labute approximate surface area is 135 Å². The van der Waals surface area contributed by atoms with Crippen LogP contribution < -0.4 is 5.32 Å². The summed E-state index contributed by atoms with van der Waals surface area (Å²) in [4.78, 5) is 34.3. The molecular weight excluding hydrogens is 298 g/mol. The zero-order valence-corrected chi connectivity index (χ0v) is 13.8. The molecule has 1 aromatic carbocycles. The van der Waals surface area contributed by atoms with Crippen molar-refractivity contribution in [1.29, 1.82) is 0 Å². The number of benzene rings is 1. The number of hydrogen-bond donors (Lipinski definition) is 1. The number of aryl methyl sites for hydroxylation is 3. The number of nitrogens with one attached hydrogen (secondary N) is 1. The Balaban J connectivity index is 2.52. The number of rotatable bonds is 6. The lowest BCUT2D eigenvalue weighted by atomic mass is 10.1. The molecule has 1 N–H and O–H groups in total. The molecule has 0 atom stereocenters. The fourth-order valence-corrected chi connectivity index (χ4v) is 2.06. The van der Waals surface area contributed by atoms with Crippen LogP contribution in [0.5, 0.6) is 0 Å². The summed E-state index contributed by atoms with van der Waals surface area (Å²) in [6, 6.07) is 3.91. The number of anilines is 1. The summed E-state index contributed by atoms with van der Waals surface area (Å²) in [5.74, 6) is -1.87. The summed E-state index contributed by atoms with van der Waals surface area (Å²) < 4.78 is 9.38. The standard InChI is InChI=1S/C17H21NO5/c1-5-22-15(20)6-7-16(21)23-10-14(19)18-17-12(3)8-11(2)9-13(17)4/h6-9H,5,10H2,1-4H3,(H,18,19)/b7-6+. The molecule has 0 aliphatic carbocycles. The van der Waals surface area contributed by atoms with E-state index < -0.39 is 24.5 Å². The van der Waals surface area contributed by atoms with E-state index in [1.54, 1.807) is 6.92 Å². The van der Waals surface area contributed by atoms with Crippen molar-refractivity contribution < 1.29 is 23.9 Å². The Kier molecular flexibility index (Phi) is 6.99. The Morgan fingerprint density at radius 2 is 1.52 bits per heavy atom. The molecule has 0 heterocycles. The molecule has 1 aromatic rings. The molecule has 0 aliphatic heterocycles. The molecule has 0 fully saturated rings. The van der Waals surface area contributed by atoms with Crippen molar-refractivity contribution in [3.8, 4) is 0 Å². The maximum atomic E-state index is 11.8. The molecule has 124 valence electrons. The van der Waals surface area contributed by atoms with Crippen molar-refractivity contribution in [1.82, 2.24) is 0 Å². The maximum absolute atomic E-state index is 11.8. The highest BCUT2D eigenvalue weighted by molar-refractivity contribution is 5.96. The molecule has 6 heteroatoms. The molecule has 0 bridgehead atoms. The van der Waals surface area contributed by atoms with Crippen LogP contribution in [0.15, 0.2) is 24.3 Å². The molecule has 0 saturated carbocycles. The van der Waals surface area contributed by atoms with E-state index in [4.69, 9.17) is 4.74 Å². The van der Waals surface area contributed by atoms with E-state index in [2.05, 4.69) is 10.1 Å². The van der Waals surface area contributed by atoms with Crippen molar-refractivity contribution in [2.75, 3.05) is 18.5 Å². The first-order valence-electron chi connectivity index (χ1n) is 7.22. The third-order valence-corrected chi connectivity index (χ3v) is 2.93. The molecule has 1 amide bonds. The van der Waals surface area contributed by atoms with Crippen LogP contribution in [0.4, 0.5) is 5.69 Å². The predicted molar refractivity (Wildman–Crippen MR) is 86.0 cm³/mol. The van der Waals surface area contributed by atoms with Gasteiger partial charge in [-0.05, 0) is 38.8 Å². The van der Waals surface area contributed by atoms with Crippen molar-refractivity contribution in [3.05, 3.63) is 41.0 Å². The van der Waals surface area contributed by atoms with Gasteiger partial charge in [-0.3, -0.25) is 4.79 Å². The average Bonchev–Trinajstić information content (AvgIpc) is 2.47. The van der Waals surface area contributed by atoms with Crippen molar-refractivity contribution in [2.45, 2.75) is 27.7 Å². The molecule has 0 spiro atoms. The molecule has 0 saturated heterocycles. The highest BCUT2D eigenvalue weighted by atomic mass is 16.5. The van der Waals surface area contributed by atoms with E-state index in [0.29, 0.717) is 5.69 Å². The second-order valence-corrected chi connectivity index (χ2v) is 5.01. The highest BCUT2D eigenvalue weighted by Gasteiger charge is 2.10. The fraction of sp³-hybridized carbons (Fsp3) is 0.353. The van der Waals surface area contributed by atoms with E-state index in [9.17, 15) is 14.4 Å². The van der Waals surface area contributed by atoms with Crippen LogP contribution in [-0.2, 0) is 23.9 Å². The summed E-state index contributed by atoms with van der Waals surface area (Å²) in [7, 11) is 0. The summed E-state index contributed by atoms with van der Waals surface area (Å²) in [6.07, 6.45) is 1.88. The Bertz CT molecular complexity index is 611. The monoisotopic (exact) mass is 319 g/mol. The Hall–Kier alpha value is -2.63. The van der Waals surface area contributed by atoms with Gasteiger partial charge in [0.15, 0.2) is 6.61 Å². The van der Waals surface area contributed by atoms with Gasteiger partial charge in [-0.1, -0.05) is 17.7 Å². The number of amides is 1. The van der Waals surface area contributed by atoms with Crippen LogP contribution in [0.2, 0.25) is 0 Å². The zero-order chi connectivity index (χ0) is 17.4. The van der Waals surface area contributed by atoms with Crippen molar-refractivity contribution in [3.63, 3.8) is 0 Å². The molecule has 0 aliphatic rings. The molecule has 23 heavy (non-hydrogen) atoms. The minimum atomic E-state index is -0.787. The first-order valence-corrected chi connectivity index (χ1v) is 7.22. The first kappa shape index (κ1) is 18.4. The minimum absolute atomic E-state index is 0.218. The summed E-state index contributed by atoms with van der Waals surface area (Å²) in [5, 5.41) is 2.71. The molecular formula is C17H21NO5. The van der Waals surface area contributed by atoms with E-state index in [1.165, 1.54) is 0 Å². The van der Waals surface area contributed by atoms with Crippen LogP contribution in [-0.4, -0.2) is 31.1 Å². The van der Waals surface area contributed by atoms with E-state index in [1.807, 2.05) is 32.9 Å². The summed E-state index contributed by atoms with van der Waals surface area (Å²) in [5.41, 5.74) is 3.68. The van der Waals surface area contributed by atoms with Gasteiger partial charge in [-0.2, -0.15) is 0 Å². The fourth-order valence-electron chi connectivity index (χ4n) is 2.06. The Morgan fingerprint density at radius 3 is 2.04 bits per heavy atom. The number of carbonyl (C=O) groups is 3. The van der Waals surface area contributed by atoms with Crippen molar-refractivity contribution >= 4 is 23.5 Å². The number of carbonyl (C=O) groups excluding carboxylic acids is 3. The third kappa shape index (κ3) is 6.34. The van der Waals surface area contributed by atoms with Crippen LogP contribution in [0.3, 0.4) is 0 Å².